The summed E-state index contributed by atoms with van der Waals surface area (Å²) in [4.78, 5) is 25.1. The van der Waals surface area contributed by atoms with E-state index in [4.69, 9.17) is 0 Å². The van der Waals surface area contributed by atoms with Gasteiger partial charge in [0.25, 0.3) is 0 Å². The lowest BCUT2D eigenvalue weighted by Gasteiger charge is -2.05. The van der Waals surface area contributed by atoms with Crippen molar-refractivity contribution >= 4 is 39.2 Å². The topological polar surface area (TPSA) is 67.8 Å². The second-order valence-electron chi connectivity index (χ2n) is 5.72. The van der Waals surface area contributed by atoms with Gasteiger partial charge in [-0.2, -0.15) is 0 Å². The normalized spacial score (nSPS) is 14.0. The van der Waals surface area contributed by atoms with Crippen molar-refractivity contribution in [3.63, 3.8) is 0 Å². The predicted molar refractivity (Wildman–Crippen MR) is 96.2 cm³/mol. The number of rotatable bonds is 6. The van der Waals surface area contributed by atoms with Crippen LogP contribution in [0, 0.1) is 0 Å². The zero-order valence-electron chi connectivity index (χ0n) is 12.9. The Morgan fingerprint density at radius 2 is 2.17 bits per heavy atom. The number of fused-ring (bicyclic) bond motifs is 1. The summed E-state index contributed by atoms with van der Waals surface area (Å²) in [6.45, 7) is 0.446. The fourth-order valence-corrected chi connectivity index (χ4v) is 4.29. The van der Waals surface area contributed by atoms with Crippen LogP contribution in [0.25, 0.3) is 10.2 Å². The van der Waals surface area contributed by atoms with E-state index in [-0.39, 0.29) is 5.91 Å². The van der Waals surface area contributed by atoms with Crippen molar-refractivity contribution in [3.05, 3.63) is 48.0 Å². The van der Waals surface area contributed by atoms with Crippen LogP contribution < -0.4 is 5.32 Å². The van der Waals surface area contributed by atoms with Gasteiger partial charge in [-0.25, -0.2) is 15.0 Å². The fraction of sp³-hybridized carbons (Fsp3) is 0.294. The average Bonchev–Trinajstić information content (AvgIpc) is 3.38. The molecule has 0 aliphatic heterocycles. The first-order valence-electron chi connectivity index (χ1n) is 7.84. The van der Waals surface area contributed by atoms with Crippen LogP contribution in [0.5, 0.6) is 0 Å². The minimum Gasteiger partial charge on any atom is -0.350 e. The molecule has 24 heavy (non-hydrogen) atoms. The van der Waals surface area contributed by atoms with Crippen LogP contribution in [0.1, 0.15) is 30.1 Å². The third-order valence-corrected chi connectivity index (χ3v) is 5.99. The molecule has 1 aromatic carbocycles. The van der Waals surface area contributed by atoms with Gasteiger partial charge in [-0.15, -0.1) is 11.3 Å². The molecule has 0 bridgehead atoms. The summed E-state index contributed by atoms with van der Waals surface area (Å²) in [6, 6.07) is 10.0. The maximum Gasteiger partial charge on any atom is 0.230 e. The van der Waals surface area contributed by atoms with Crippen LogP contribution in [0.3, 0.4) is 0 Å². The van der Waals surface area contributed by atoms with E-state index in [9.17, 15) is 4.79 Å². The van der Waals surface area contributed by atoms with E-state index in [0.717, 1.165) is 25.9 Å². The third-order valence-electron chi connectivity index (χ3n) is 3.81. The summed E-state index contributed by atoms with van der Waals surface area (Å²) in [7, 11) is 0. The molecule has 122 valence electrons. The van der Waals surface area contributed by atoms with Gasteiger partial charge in [0.05, 0.1) is 28.2 Å². The zero-order chi connectivity index (χ0) is 16.4. The molecule has 1 aliphatic rings. The summed E-state index contributed by atoms with van der Waals surface area (Å²) in [6.07, 6.45) is 4.01. The number of para-hydroxylation sites is 1. The van der Waals surface area contributed by atoms with Crippen LogP contribution in [-0.2, 0) is 11.3 Å². The van der Waals surface area contributed by atoms with Gasteiger partial charge in [-0.1, -0.05) is 23.9 Å². The predicted octanol–water partition coefficient (Wildman–Crippen LogP) is 3.37. The van der Waals surface area contributed by atoms with Crippen molar-refractivity contribution in [1.29, 1.82) is 0 Å². The molecule has 5 nitrogen and oxygen atoms in total. The molecule has 0 saturated heterocycles. The molecule has 2 heterocycles. The first-order chi connectivity index (χ1) is 11.8. The van der Waals surface area contributed by atoms with E-state index in [1.54, 1.807) is 17.7 Å². The maximum absolute atomic E-state index is 12.0. The number of hydrogen-bond donors (Lipinski definition) is 1. The van der Waals surface area contributed by atoms with Gasteiger partial charge in [0, 0.05) is 11.6 Å². The second kappa shape index (κ2) is 6.86. The summed E-state index contributed by atoms with van der Waals surface area (Å²) in [5.41, 5.74) is 2.95. The van der Waals surface area contributed by atoms with Crippen molar-refractivity contribution in [2.75, 3.05) is 5.75 Å². The van der Waals surface area contributed by atoms with Crippen molar-refractivity contribution < 1.29 is 4.79 Å². The van der Waals surface area contributed by atoms with Crippen LogP contribution in [0.2, 0.25) is 0 Å². The smallest absolute Gasteiger partial charge is 0.230 e. The van der Waals surface area contributed by atoms with Crippen LogP contribution in [0.4, 0.5) is 0 Å². The molecule has 1 saturated carbocycles. The molecule has 1 aliphatic carbocycles. The van der Waals surface area contributed by atoms with E-state index >= 15 is 0 Å². The van der Waals surface area contributed by atoms with Crippen LogP contribution >= 0.6 is 23.1 Å². The lowest BCUT2D eigenvalue weighted by molar-refractivity contribution is -0.118. The molecule has 2 aromatic heterocycles. The second-order valence-corrected chi connectivity index (χ2v) is 7.97. The molecule has 3 aromatic rings. The minimum atomic E-state index is -0.00848. The quantitative estimate of drug-likeness (QED) is 0.686. The number of carbonyl (C=O) groups excluding carboxylic acids is 1. The number of amides is 1. The van der Waals surface area contributed by atoms with Gasteiger partial charge in [-0.3, -0.25) is 4.79 Å². The molecule has 7 heteroatoms. The summed E-state index contributed by atoms with van der Waals surface area (Å²) < 4.78 is 2.07. The third kappa shape index (κ3) is 3.73. The molecule has 0 atom stereocenters. The van der Waals surface area contributed by atoms with Crippen molar-refractivity contribution in [1.82, 2.24) is 20.3 Å². The summed E-state index contributed by atoms with van der Waals surface area (Å²) in [5, 5.41) is 2.92. The van der Waals surface area contributed by atoms with Gasteiger partial charge in [0.15, 0.2) is 4.34 Å². The fourth-order valence-electron chi connectivity index (χ4n) is 2.39. The first-order valence-corrected chi connectivity index (χ1v) is 9.64. The molecule has 1 amide bonds. The zero-order valence-corrected chi connectivity index (χ0v) is 14.6. The monoisotopic (exact) mass is 356 g/mol. The van der Waals surface area contributed by atoms with Gasteiger partial charge in [0.2, 0.25) is 5.91 Å². The number of hydrogen-bond acceptors (Lipinski definition) is 6. The van der Waals surface area contributed by atoms with E-state index in [1.807, 2.05) is 30.3 Å². The highest BCUT2D eigenvalue weighted by Crippen LogP contribution is 2.38. The standard InChI is InChI=1S/C17H16N4OS2/c22-16(9-23-17-21-13-3-1-2-4-15(13)24-17)18-8-12-7-14(11-5-6-11)20-10-19-12/h1-4,7,10-11H,5-6,8-9H2,(H,18,22). The Balaban J connectivity index is 1.29. The Morgan fingerprint density at radius 3 is 3.00 bits per heavy atom. The number of nitrogens with zero attached hydrogens (tertiary/aromatic N) is 3. The lowest BCUT2D eigenvalue weighted by atomic mass is 10.2. The highest BCUT2D eigenvalue weighted by atomic mass is 32.2. The molecular weight excluding hydrogens is 340 g/mol. The van der Waals surface area contributed by atoms with E-state index < -0.39 is 0 Å². The highest BCUT2D eigenvalue weighted by Gasteiger charge is 2.25. The van der Waals surface area contributed by atoms with E-state index in [0.29, 0.717) is 18.2 Å². The van der Waals surface area contributed by atoms with Crippen molar-refractivity contribution in [3.8, 4) is 0 Å². The Morgan fingerprint density at radius 1 is 1.29 bits per heavy atom. The number of benzene rings is 1. The van der Waals surface area contributed by atoms with Crippen LogP contribution in [-0.4, -0.2) is 26.6 Å². The molecular formula is C17H16N4OS2. The number of thioether (sulfide) groups is 1. The molecule has 1 fully saturated rings. The maximum atomic E-state index is 12.0. The molecule has 0 spiro atoms. The highest BCUT2D eigenvalue weighted by molar-refractivity contribution is 8.01. The van der Waals surface area contributed by atoms with Gasteiger partial charge >= 0.3 is 0 Å². The first kappa shape index (κ1) is 15.5. The largest absolute Gasteiger partial charge is 0.350 e. The Bertz CT molecular complexity index is 843. The van der Waals surface area contributed by atoms with E-state index in [2.05, 4.69) is 20.3 Å². The van der Waals surface area contributed by atoms with Crippen LogP contribution in [0.15, 0.2) is 41.0 Å². The SMILES string of the molecule is O=C(CSc1nc2ccccc2s1)NCc1cc(C2CC2)ncn1. The number of aromatic nitrogens is 3. The molecule has 0 radical (unpaired) electrons. The van der Waals surface area contributed by atoms with Crippen molar-refractivity contribution in [2.24, 2.45) is 0 Å². The average molecular weight is 356 g/mol. The lowest BCUT2D eigenvalue weighted by Crippen LogP contribution is -2.25. The van der Waals surface area contributed by atoms with Crippen molar-refractivity contribution in [2.45, 2.75) is 29.6 Å². The minimum absolute atomic E-state index is 0.00848. The Kier molecular flexibility index (Phi) is 4.44. The Labute approximate surface area is 147 Å². The number of thiazole rings is 1. The van der Waals surface area contributed by atoms with Gasteiger partial charge < -0.3 is 5.32 Å². The molecule has 1 N–H and O–H groups in total. The number of nitrogens with one attached hydrogen (secondary N) is 1. The molecule has 4 rings (SSSR count). The molecule has 0 unspecified atom stereocenters. The van der Waals surface area contributed by atoms with Gasteiger partial charge in [-0.05, 0) is 31.0 Å². The Hall–Kier alpha value is -1.99. The van der Waals surface area contributed by atoms with E-state index in [1.165, 1.54) is 24.6 Å². The van der Waals surface area contributed by atoms with Gasteiger partial charge in [0.1, 0.15) is 6.33 Å². The number of carbonyl (C=O) groups is 1. The summed E-state index contributed by atoms with van der Waals surface area (Å²) in [5.74, 6) is 0.947. The summed E-state index contributed by atoms with van der Waals surface area (Å²) >= 11 is 3.09.